The minimum Gasteiger partial charge on any atom is -0.398 e. The number of nitrogen functional groups attached to an aromatic ring is 1. The van der Waals surface area contributed by atoms with Gasteiger partial charge in [0.05, 0.1) is 17.5 Å². The molecule has 1 rings (SSSR count). The number of halogens is 1. The van der Waals surface area contributed by atoms with E-state index in [0.717, 1.165) is 12.3 Å². The number of sulfonamides is 1. The van der Waals surface area contributed by atoms with E-state index < -0.39 is 27.3 Å². The lowest BCUT2D eigenvalue weighted by atomic mass is 10.1. The fraction of sp³-hybridized carbons (Fsp3) is 0.417. The van der Waals surface area contributed by atoms with E-state index in [2.05, 4.69) is 10.0 Å². The van der Waals surface area contributed by atoms with Gasteiger partial charge in [-0.2, -0.15) is 0 Å². The summed E-state index contributed by atoms with van der Waals surface area (Å²) in [5, 5.41) is 2.73. The van der Waals surface area contributed by atoms with Crippen molar-refractivity contribution in [1.82, 2.24) is 4.72 Å². The number of carbonyl (C=O) groups excluding carboxylic acids is 1. The van der Waals surface area contributed by atoms with Gasteiger partial charge in [-0.05, 0) is 26.0 Å². The average Bonchev–Trinajstić information content (AvgIpc) is 2.23. The number of anilines is 2. The molecule has 118 valence electrons. The third-order valence-corrected chi connectivity index (χ3v) is 3.51. The van der Waals surface area contributed by atoms with Crippen molar-refractivity contribution in [1.29, 1.82) is 0 Å². The average molecular weight is 318 g/mol. The van der Waals surface area contributed by atoms with Crippen molar-refractivity contribution >= 4 is 27.3 Å². The summed E-state index contributed by atoms with van der Waals surface area (Å²) in [6.45, 7) is 3.36. The second-order valence-corrected chi connectivity index (χ2v) is 7.14. The first-order valence-corrected chi connectivity index (χ1v) is 7.92. The van der Waals surface area contributed by atoms with E-state index in [1.54, 1.807) is 13.8 Å². The first kappa shape index (κ1) is 17.2. The van der Waals surface area contributed by atoms with Gasteiger partial charge in [-0.1, -0.05) is 0 Å². The molecule has 0 saturated carbocycles. The zero-order valence-corrected chi connectivity index (χ0v) is 12.8. The van der Waals surface area contributed by atoms with Crippen LogP contribution in [0.1, 0.15) is 24.2 Å². The normalized spacial score (nSPS) is 12.2. The van der Waals surface area contributed by atoms with Gasteiger partial charge in [0.2, 0.25) is 10.0 Å². The van der Waals surface area contributed by atoms with Gasteiger partial charge in [0.25, 0.3) is 5.91 Å². The maximum atomic E-state index is 13.8. The van der Waals surface area contributed by atoms with Gasteiger partial charge in [0.1, 0.15) is 5.82 Å². The molecule has 0 saturated heterocycles. The molecule has 1 aromatic rings. The summed E-state index contributed by atoms with van der Waals surface area (Å²) in [5.41, 5.74) is 9.73. The lowest BCUT2D eigenvalue weighted by Crippen LogP contribution is -2.47. The standard InChI is InChI=1S/C12H19FN4O3S/c1-12(2,17-21(3,19)20)6-16-10-4-7(11(15)18)9(14)5-8(10)13/h4-5,16-17H,6,14H2,1-3H3,(H2,15,18). The molecule has 1 aromatic carbocycles. The second-order valence-electron chi connectivity index (χ2n) is 5.40. The summed E-state index contributed by atoms with van der Waals surface area (Å²) in [6.07, 6.45) is 1.03. The molecule has 7 nitrogen and oxygen atoms in total. The van der Waals surface area contributed by atoms with Crippen molar-refractivity contribution in [3.63, 3.8) is 0 Å². The molecule has 0 heterocycles. The number of nitrogens with one attached hydrogen (secondary N) is 2. The summed E-state index contributed by atoms with van der Waals surface area (Å²) in [6, 6.07) is 2.18. The Kier molecular flexibility index (Phi) is 4.79. The van der Waals surface area contributed by atoms with Gasteiger partial charge in [-0.15, -0.1) is 0 Å². The quantitative estimate of drug-likeness (QED) is 0.559. The first-order chi connectivity index (χ1) is 9.41. The summed E-state index contributed by atoms with van der Waals surface area (Å²) >= 11 is 0. The van der Waals surface area contributed by atoms with E-state index in [-0.39, 0.29) is 23.5 Å². The van der Waals surface area contributed by atoms with Crippen molar-refractivity contribution in [2.75, 3.05) is 23.9 Å². The minimum absolute atomic E-state index is 0.00669. The maximum Gasteiger partial charge on any atom is 0.250 e. The van der Waals surface area contributed by atoms with Gasteiger partial charge in [0, 0.05) is 17.8 Å². The molecule has 9 heteroatoms. The molecule has 0 bridgehead atoms. The van der Waals surface area contributed by atoms with Crippen LogP contribution in [0.2, 0.25) is 0 Å². The molecule has 0 aliphatic heterocycles. The fourth-order valence-corrected chi connectivity index (χ4v) is 2.87. The first-order valence-electron chi connectivity index (χ1n) is 6.03. The molecular formula is C12H19FN4O3S. The van der Waals surface area contributed by atoms with Crippen LogP contribution in [0.4, 0.5) is 15.8 Å². The molecule has 0 aromatic heterocycles. The number of amides is 1. The van der Waals surface area contributed by atoms with Crippen LogP contribution in [-0.2, 0) is 10.0 Å². The van der Waals surface area contributed by atoms with Crippen molar-refractivity contribution in [3.05, 3.63) is 23.5 Å². The van der Waals surface area contributed by atoms with Gasteiger partial charge < -0.3 is 16.8 Å². The van der Waals surface area contributed by atoms with E-state index in [4.69, 9.17) is 11.5 Å². The van der Waals surface area contributed by atoms with Crippen LogP contribution in [0, 0.1) is 5.82 Å². The van der Waals surface area contributed by atoms with Crippen LogP contribution in [0.15, 0.2) is 12.1 Å². The van der Waals surface area contributed by atoms with E-state index >= 15 is 0 Å². The zero-order chi connectivity index (χ0) is 16.4. The molecule has 21 heavy (non-hydrogen) atoms. The number of hydrogen-bond donors (Lipinski definition) is 4. The van der Waals surface area contributed by atoms with Crippen LogP contribution in [0.3, 0.4) is 0 Å². The lowest BCUT2D eigenvalue weighted by Gasteiger charge is -2.26. The third-order valence-electron chi connectivity index (χ3n) is 2.59. The summed E-state index contributed by atoms with van der Waals surface area (Å²) < 4.78 is 38.6. The topological polar surface area (TPSA) is 127 Å². The highest BCUT2D eigenvalue weighted by molar-refractivity contribution is 7.88. The Labute approximate surface area is 122 Å². The number of rotatable bonds is 6. The van der Waals surface area contributed by atoms with Crippen LogP contribution >= 0.6 is 0 Å². The minimum atomic E-state index is -3.40. The molecule has 0 spiro atoms. The predicted molar refractivity (Wildman–Crippen MR) is 79.9 cm³/mol. The Bertz CT molecular complexity index is 659. The van der Waals surface area contributed by atoms with Gasteiger partial charge in [-0.3, -0.25) is 4.79 Å². The number of hydrogen-bond acceptors (Lipinski definition) is 5. The highest BCUT2D eigenvalue weighted by atomic mass is 32.2. The molecule has 0 fully saturated rings. The molecule has 0 unspecified atom stereocenters. The Morgan fingerprint density at radius 2 is 1.95 bits per heavy atom. The van der Waals surface area contributed by atoms with Crippen LogP contribution in [0.5, 0.6) is 0 Å². The van der Waals surface area contributed by atoms with Crippen molar-refractivity contribution in [2.24, 2.45) is 5.73 Å². The highest BCUT2D eigenvalue weighted by Crippen LogP contribution is 2.22. The molecule has 0 aliphatic rings. The van der Waals surface area contributed by atoms with Crippen molar-refractivity contribution < 1.29 is 17.6 Å². The monoisotopic (exact) mass is 318 g/mol. The molecule has 0 atom stereocenters. The predicted octanol–water partition coefficient (Wildman–Crippen LogP) is 0.247. The van der Waals surface area contributed by atoms with Crippen LogP contribution in [0.25, 0.3) is 0 Å². The van der Waals surface area contributed by atoms with Gasteiger partial charge in [0.15, 0.2) is 0 Å². The van der Waals surface area contributed by atoms with E-state index in [1.807, 2.05) is 0 Å². The van der Waals surface area contributed by atoms with E-state index in [1.165, 1.54) is 6.07 Å². The smallest absolute Gasteiger partial charge is 0.250 e. The van der Waals surface area contributed by atoms with Crippen LogP contribution < -0.4 is 21.5 Å². The number of carbonyl (C=O) groups is 1. The number of benzene rings is 1. The zero-order valence-electron chi connectivity index (χ0n) is 12.0. The number of nitrogens with two attached hydrogens (primary N) is 2. The largest absolute Gasteiger partial charge is 0.398 e. The Morgan fingerprint density at radius 1 is 1.38 bits per heavy atom. The molecular weight excluding hydrogens is 299 g/mol. The van der Waals surface area contributed by atoms with Crippen molar-refractivity contribution in [2.45, 2.75) is 19.4 Å². The van der Waals surface area contributed by atoms with E-state index in [9.17, 15) is 17.6 Å². The van der Waals surface area contributed by atoms with Gasteiger partial charge in [-0.25, -0.2) is 17.5 Å². The van der Waals surface area contributed by atoms with E-state index in [0.29, 0.717) is 0 Å². The summed E-state index contributed by atoms with van der Waals surface area (Å²) in [5.74, 6) is -1.43. The summed E-state index contributed by atoms with van der Waals surface area (Å²) in [4.78, 5) is 11.2. The Balaban J connectivity index is 2.94. The summed E-state index contributed by atoms with van der Waals surface area (Å²) in [7, 11) is -3.40. The Hall–Kier alpha value is -1.87. The SMILES string of the molecule is CC(C)(CNc1cc(C(N)=O)c(N)cc1F)NS(C)(=O)=O. The Morgan fingerprint density at radius 3 is 2.43 bits per heavy atom. The molecule has 1 amide bonds. The fourth-order valence-electron chi connectivity index (χ4n) is 1.79. The molecule has 6 N–H and O–H groups in total. The third kappa shape index (κ3) is 5.20. The van der Waals surface area contributed by atoms with Crippen molar-refractivity contribution in [3.8, 4) is 0 Å². The maximum absolute atomic E-state index is 13.8. The highest BCUT2D eigenvalue weighted by Gasteiger charge is 2.22. The number of primary amides is 1. The van der Waals surface area contributed by atoms with Crippen LogP contribution in [-0.4, -0.2) is 32.7 Å². The lowest BCUT2D eigenvalue weighted by molar-refractivity contribution is 0.100. The second kappa shape index (κ2) is 5.86. The molecule has 0 aliphatic carbocycles. The van der Waals surface area contributed by atoms with Gasteiger partial charge >= 0.3 is 0 Å². The molecule has 0 radical (unpaired) electrons.